The fourth-order valence-electron chi connectivity index (χ4n) is 1.58. The molecule has 0 aliphatic carbocycles. The molecule has 116 valence electrons. The molecule has 1 amide bonds. The number of halogens is 2. The zero-order valence-corrected chi connectivity index (χ0v) is 12.7. The van der Waals surface area contributed by atoms with Crippen molar-refractivity contribution in [2.45, 2.75) is 38.8 Å². The van der Waals surface area contributed by atoms with Gasteiger partial charge in [-0.25, -0.2) is 14.0 Å². The second kappa shape index (κ2) is 6.76. The van der Waals surface area contributed by atoms with Gasteiger partial charge >= 0.3 is 12.1 Å². The van der Waals surface area contributed by atoms with Gasteiger partial charge in [-0.3, -0.25) is 0 Å². The Balaban J connectivity index is 2.82. The van der Waals surface area contributed by atoms with Crippen molar-refractivity contribution in [2.24, 2.45) is 0 Å². The van der Waals surface area contributed by atoms with E-state index in [2.05, 4.69) is 5.32 Å². The maximum absolute atomic E-state index is 13.3. The standard InChI is InChI=1S/C14H17ClFNO4/c1-14(2,3)21-13(20)17-10(12(18)19)7-8-5-4-6-9(16)11(8)15/h4-6,10H,7H2,1-3H3,(H,17,20)(H,18,19). The smallest absolute Gasteiger partial charge is 0.408 e. The molecule has 5 nitrogen and oxygen atoms in total. The molecule has 0 aliphatic rings. The van der Waals surface area contributed by atoms with E-state index in [1.807, 2.05) is 0 Å². The maximum Gasteiger partial charge on any atom is 0.408 e. The molecule has 0 saturated heterocycles. The number of amides is 1. The fourth-order valence-corrected chi connectivity index (χ4v) is 1.78. The number of nitrogens with one attached hydrogen (secondary N) is 1. The number of aliphatic carboxylic acids is 1. The van der Waals surface area contributed by atoms with Gasteiger partial charge in [0, 0.05) is 6.42 Å². The van der Waals surface area contributed by atoms with Gasteiger partial charge in [-0.05, 0) is 32.4 Å². The molecule has 1 aromatic carbocycles. The second-order valence-electron chi connectivity index (χ2n) is 5.45. The van der Waals surface area contributed by atoms with E-state index in [0.29, 0.717) is 5.56 Å². The van der Waals surface area contributed by atoms with Crippen LogP contribution < -0.4 is 5.32 Å². The molecule has 0 aromatic heterocycles. The molecule has 0 aliphatic heterocycles. The van der Waals surface area contributed by atoms with Crippen molar-refractivity contribution in [3.05, 3.63) is 34.6 Å². The van der Waals surface area contributed by atoms with Crippen LogP contribution in [0.15, 0.2) is 18.2 Å². The minimum absolute atomic E-state index is 0.148. The normalized spacial score (nSPS) is 12.6. The van der Waals surface area contributed by atoms with Crippen molar-refractivity contribution in [3.8, 4) is 0 Å². The number of benzene rings is 1. The minimum Gasteiger partial charge on any atom is -0.480 e. The van der Waals surface area contributed by atoms with Crippen molar-refractivity contribution in [3.63, 3.8) is 0 Å². The lowest BCUT2D eigenvalue weighted by atomic mass is 10.1. The number of carbonyl (C=O) groups is 2. The van der Waals surface area contributed by atoms with Crippen LogP contribution in [0.3, 0.4) is 0 Å². The van der Waals surface area contributed by atoms with E-state index in [1.165, 1.54) is 18.2 Å². The lowest BCUT2D eigenvalue weighted by Crippen LogP contribution is -2.44. The Kier molecular flexibility index (Phi) is 5.54. The van der Waals surface area contributed by atoms with E-state index < -0.39 is 29.5 Å². The molecule has 0 spiro atoms. The summed E-state index contributed by atoms with van der Waals surface area (Å²) in [6.07, 6.45) is -1.01. The van der Waals surface area contributed by atoms with Gasteiger partial charge < -0.3 is 15.2 Å². The van der Waals surface area contributed by atoms with E-state index in [4.69, 9.17) is 21.4 Å². The Bertz CT molecular complexity index is 542. The molecule has 1 unspecified atom stereocenters. The summed E-state index contributed by atoms with van der Waals surface area (Å²) in [6.45, 7) is 4.98. The van der Waals surface area contributed by atoms with Gasteiger partial charge in [0.15, 0.2) is 0 Å². The van der Waals surface area contributed by atoms with Gasteiger partial charge in [0.25, 0.3) is 0 Å². The Morgan fingerprint density at radius 1 is 1.43 bits per heavy atom. The van der Waals surface area contributed by atoms with Gasteiger partial charge in [0.2, 0.25) is 0 Å². The monoisotopic (exact) mass is 317 g/mol. The van der Waals surface area contributed by atoms with E-state index in [9.17, 15) is 14.0 Å². The highest BCUT2D eigenvalue weighted by Crippen LogP contribution is 2.21. The van der Waals surface area contributed by atoms with E-state index in [-0.39, 0.29) is 11.4 Å². The zero-order valence-electron chi connectivity index (χ0n) is 11.9. The molecular weight excluding hydrogens is 301 g/mol. The van der Waals surface area contributed by atoms with Crippen molar-refractivity contribution in [1.82, 2.24) is 5.32 Å². The minimum atomic E-state index is -1.26. The Labute approximate surface area is 127 Å². The van der Waals surface area contributed by atoms with Crippen molar-refractivity contribution < 1.29 is 23.8 Å². The van der Waals surface area contributed by atoms with Crippen LogP contribution in [-0.4, -0.2) is 28.8 Å². The molecular formula is C14H17ClFNO4. The molecule has 0 fully saturated rings. The van der Waals surface area contributed by atoms with Crippen molar-refractivity contribution in [2.75, 3.05) is 0 Å². The highest BCUT2D eigenvalue weighted by atomic mass is 35.5. The van der Waals surface area contributed by atoms with Crippen LogP contribution >= 0.6 is 11.6 Å². The predicted molar refractivity (Wildman–Crippen MR) is 75.9 cm³/mol. The molecule has 21 heavy (non-hydrogen) atoms. The van der Waals surface area contributed by atoms with Crippen LogP contribution in [0.2, 0.25) is 5.02 Å². The largest absolute Gasteiger partial charge is 0.480 e. The lowest BCUT2D eigenvalue weighted by Gasteiger charge is -2.22. The third kappa shape index (κ3) is 5.59. The number of carboxylic acids is 1. The molecule has 0 bridgehead atoms. The van der Waals surface area contributed by atoms with E-state index in [1.54, 1.807) is 20.8 Å². The number of rotatable bonds is 4. The molecule has 7 heteroatoms. The molecule has 1 rings (SSSR count). The number of ether oxygens (including phenoxy) is 1. The van der Waals surface area contributed by atoms with E-state index in [0.717, 1.165) is 0 Å². The third-order valence-electron chi connectivity index (χ3n) is 2.44. The summed E-state index contributed by atoms with van der Waals surface area (Å²) < 4.78 is 18.3. The highest BCUT2D eigenvalue weighted by molar-refractivity contribution is 6.31. The fraction of sp³-hybridized carbons (Fsp3) is 0.429. The average Bonchev–Trinajstić information content (AvgIpc) is 2.31. The van der Waals surface area contributed by atoms with Crippen LogP contribution in [-0.2, 0) is 16.0 Å². The van der Waals surface area contributed by atoms with Crippen molar-refractivity contribution in [1.29, 1.82) is 0 Å². The van der Waals surface area contributed by atoms with Crippen LogP contribution in [0.1, 0.15) is 26.3 Å². The predicted octanol–water partition coefficient (Wildman–Crippen LogP) is 3.00. The highest BCUT2D eigenvalue weighted by Gasteiger charge is 2.25. The average molecular weight is 318 g/mol. The quantitative estimate of drug-likeness (QED) is 0.895. The summed E-state index contributed by atoms with van der Waals surface area (Å²) in [5.41, 5.74) is -0.455. The molecule has 1 aromatic rings. The second-order valence-corrected chi connectivity index (χ2v) is 5.83. The van der Waals surface area contributed by atoms with Gasteiger partial charge in [-0.15, -0.1) is 0 Å². The summed E-state index contributed by atoms with van der Waals surface area (Å²) in [7, 11) is 0. The first-order chi connectivity index (χ1) is 9.60. The van der Waals surface area contributed by atoms with Gasteiger partial charge in [0.05, 0.1) is 5.02 Å². The first kappa shape index (κ1) is 17.2. The lowest BCUT2D eigenvalue weighted by molar-refractivity contribution is -0.139. The van der Waals surface area contributed by atoms with Gasteiger partial charge in [-0.2, -0.15) is 0 Å². The van der Waals surface area contributed by atoms with Crippen LogP contribution in [0.25, 0.3) is 0 Å². The Morgan fingerprint density at radius 3 is 2.57 bits per heavy atom. The van der Waals surface area contributed by atoms with Crippen LogP contribution in [0.5, 0.6) is 0 Å². The summed E-state index contributed by atoms with van der Waals surface area (Å²) >= 11 is 5.77. The van der Waals surface area contributed by atoms with Gasteiger partial charge in [0.1, 0.15) is 17.5 Å². The topological polar surface area (TPSA) is 75.6 Å². The first-order valence-electron chi connectivity index (χ1n) is 6.25. The third-order valence-corrected chi connectivity index (χ3v) is 2.87. The number of carbonyl (C=O) groups excluding carboxylic acids is 1. The van der Waals surface area contributed by atoms with Crippen LogP contribution in [0.4, 0.5) is 9.18 Å². The summed E-state index contributed by atoms with van der Waals surface area (Å²) in [5.74, 6) is -1.91. The SMILES string of the molecule is CC(C)(C)OC(=O)NC(Cc1cccc(F)c1Cl)C(=O)O. The summed E-state index contributed by atoms with van der Waals surface area (Å²) in [6, 6.07) is 2.82. The molecule has 2 N–H and O–H groups in total. The molecule has 0 heterocycles. The molecule has 1 atom stereocenters. The summed E-state index contributed by atoms with van der Waals surface area (Å²) in [5, 5.41) is 11.2. The number of hydrogen-bond acceptors (Lipinski definition) is 3. The first-order valence-corrected chi connectivity index (χ1v) is 6.63. The number of hydrogen-bond donors (Lipinski definition) is 2. The number of alkyl carbamates (subject to hydrolysis) is 1. The molecule has 0 saturated carbocycles. The molecule has 0 radical (unpaired) electrons. The number of carboxylic acid groups (broad SMARTS) is 1. The van der Waals surface area contributed by atoms with Crippen LogP contribution in [0, 0.1) is 5.82 Å². The van der Waals surface area contributed by atoms with Crippen molar-refractivity contribution >= 4 is 23.7 Å². The Hall–Kier alpha value is -1.82. The Morgan fingerprint density at radius 2 is 2.05 bits per heavy atom. The summed E-state index contributed by atoms with van der Waals surface area (Å²) in [4.78, 5) is 22.8. The maximum atomic E-state index is 13.3. The van der Waals surface area contributed by atoms with Gasteiger partial charge in [-0.1, -0.05) is 23.7 Å². The zero-order chi connectivity index (χ0) is 16.2. The van der Waals surface area contributed by atoms with E-state index >= 15 is 0 Å².